The van der Waals surface area contributed by atoms with Gasteiger partial charge in [0, 0.05) is 30.3 Å². The highest BCUT2D eigenvalue weighted by Crippen LogP contribution is 2.35. The van der Waals surface area contributed by atoms with E-state index in [1.165, 1.54) is 0 Å². The van der Waals surface area contributed by atoms with Crippen LogP contribution >= 0.6 is 11.6 Å². The summed E-state index contributed by atoms with van der Waals surface area (Å²) in [6.07, 6.45) is -0.641. The first-order valence-electron chi connectivity index (χ1n) is 12.6. The van der Waals surface area contributed by atoms with Gasteiger partial charge >= 0.3 is 5.97 Å². The largest absolute Gasteiger partial charge is 0.456 e. The maximum Gasteiger partial charge on any atom is 0.306 e. The average Bonchev–Trinajstić information content (AvgIpc) is 3.17. The molecule has 2 saturated heterocycles. The molecule has 0 bridgehead atoms. The molecule has 2 aromatic carbocycles. The fraction of sp³-hybridized carbons (Fsp3) is 0.464. The van der Waals surface area contributed by atoms with Crippen LogP contribution in [0, 0.1) is 5.92 Å². The van der Waals surface area contributed by atoms with Gasteiger partial charge in [-0.2, -0.15) is 0 Å². The molecule has 2 amide bonds. The van der Waals surface area contributed by atoms with Gasteiger partial charge in [0.1, 0.15) is 6.10 Å². The maximum atomic E-state index is 13.3. The Morgan fingerprint density at radius 2 is 1.76 bits per heavy atom. The summed E-state index contributed by atoms with van der Waals surface area (Å²) in [5.74, 6) is -2.42. The van der Waals surface area contributed by atoms with E-state index in [9.17, 15) is 14.4 Å². The number of carbonyl (C=O) groups excluding carboxylic acids is 3. The van der Waals surface area contributed by atoms with Crippen LogP contribution in [0.3, 0.4) is 0 Å². The van der Waals surface area contributed by atoms with Gasteiger partial charge in [-0.3, -0.25) is 14.4 Å². The highest BCUT2D eigenvalue weighted by atomic mass is 35.5. The van der Waals surface area contributed by atoms with Crippen LogP contribution in [0.2, 0.25) is 5.02 Å². The molecule has 0 spiro atoms. The number of rotatable bonds is 5. The smallest absolute Gasteiger partial charge is 0.306 e. The Hall–Kier alpha value is -2.94. The minimum Gasteiger partial charge on any atom is -0.456 e. The van der Waals surface area contributed by atoms with Crippen LogP contribution < -0.4 is 10.6 Å². The van der Waals surface area contributed by atoms with Crippen molar-refractivity contribution in [2.45, 2.75) is 70.2 Å². The zero-order valence-electron chi connectivity index (χ0n) is 21.1. The van der Waals surface area contributed by atoms with Gasteiger partial charge in [0.2, 0.25) is 11.8 Å². The quantitative estimate of drug-likeness (QED) is 0.567. The van der Waals surface area contributed by atoms with Crippen molar-refractivity contribution in [3.05, 3.63) is 70.7 Å². The van der Waals surface area contributed by atoms with E-state index in [0.29, 0.717) is 24.4 Å². The fourth-order valence-corrected chi connectivity index (χ4v) is 4.85. The van der Waals surface area contributed by atoms with Gasteiger partial charge in [-0.1, -0.05) is 54.1 Å². The third-order valence-electron chi connectivity index (χ3n) is 6.55. The fourth-order valence-electron chi connectivity index (χ4n) is 4.73. The van der Waals surface area contributed by atoms with Gasteiger partial charge in [0.25, 0.3) is 0 Å². The minimum atomic E-state index is -0.857. The Morgan fingerprint density at radius 1 is 1.05 bits per heavy atom. The summed E-state index contributed by atoms with van der Waals surface area (Å²) in [7, 11) is 0. The van der Waals surface area contributed by atoms with E-state index in [2.05, 4.69) is 10.6 Å². The molecule has 4 rings (SSSR count). The molecular weight excluding hydrogens is 496 g/mol. The maximum absolute atomic E-state index is 13.3. The van der Waals surface area contributed by atoms with Crippen LogP contribution in [0.4, 0.5) is 0 Å². The molecule has 2 aliphatic heterocycles. The van der Waals surface area contributed by atoms with E-state index in [1.807, 2.05) is 42.5 Å². The van der Waals surface area contributed by atoms with E-state index in [4.69, 9.17) is 25.8 Å². The second kappa shape index (κ2) is 12.1. The topological polar surface area (TPSA) is 103 Å². The van der Waals surface area contributed by atoms with Crippen LogP contribution in [0.1, 0.15) is 56.8 Å². The van der Waals surface area contributed by atoms with Crippen LogP contribution in [0.5, 0.6) is 0 Å². The summed E-state index contributed by atoms with van der Waals surface area (Å²) < 4.78 is 17.9. The third kappa shape index (κ3) is 7.77. The lowest BCUT2D eigenvalue weighted by Gasteiger charge is -2.26. The van der Waals surface area contributed by atoms with E-state index < -0.39 is 30.0 Å². The molecule has 198 valence electrons. The normalized spacial score (nSPS) is 26.1. The number of amides is 2. The Labute approximate surface area is 222 Å². The molecule has 37 heavy (non-hydrogen) atoms. The first-order valence-corrected chi connectivity index (χ1v) is 13.0. The zero-order valence-corrected chi connectivity index (χ0v) is 21.8. The molecule has 0 aromatic heterocycles. The molecular formula is C28H33ClN2O6. The summed E-state index contributed by atoms with van der Waals surface area (Å²) >= 11 is 5.94. The monoisotopic (exact) mass is 528 g/mol. The van der Waals surface area contributed by atoms with Gasteiger partial charge in [-0.05, 0) is 49.9 Å². The number of cyclic esters (lactones) is 1. The number of ether oxygens (including phenoxy) is 3. The minimum absolute atomic E-state index is 0.0117. The molecule has 0 saturated carbocycles. The lowest BCUT2D eigenvalue weighted by Crippen LogP contribution is -2.40. The second-order valence-corrected chi connectivity index (χ2v) is 10.4. The van der Waals surface area contributed by atoms with Crippen LogP contribution in [-0.4, -0.2) is 42.3 Å². The molecule has 2 aromatic rings. The predicted molar refractivity (Wildman–Crippen MR) is 137 cm³/mol. The first kappa shape index (κ1) is 27.1. The molecule has 1 unspecified atom stereocenters. The number of nitrogens with one attached hydrogen (secondary N) is 2. The highest BCUT2D eigenvalue weighted by Gasteiger charge is 2.43. The van der Waals surface area contributed by atoms with Crippen molar-refractivity contribution < 1.29 is 28.6 Å². The van der Waals surface area contributed by atoms with Crippen molar-refractivity contribution in [1.82, 2.24) is 10.6 Å². The van der Waals surface area contributed by atoms with Crippen LogP contribution in [-0.2, 0) is 35.1 Å². The van der Waals surface area contributed by atoms with Crippen molar-refractivity contribution in [2.24, 2.45) is 5.92 Å². The Bertz CT molecular complexity index is 1090. The Balaban J connectivity index is 1.49. The summed E-state index contributed by atoms with van der Waals surface area (Å²) in [5, 5.41) is 6.41. The summed E-state index contributed by atoms with van der Waals surface area (Å²) in [6.45, 7) is 4.04. The van der Waals surface area contributed by atoms with Gasteiger partial charge in [0.05, 0.1) is 18.8 Å². The van der Waals surface area contributed by atoms with Crippen molar-refractivity contribution >= 4 is 29.4 Å². The lowest BCUT2D eigenvalue weighted by atomic mass is 9.92. The van der Waals surface area contributed by atoms with Gasteiger partial charge < -0.3 is 24.8 Å². The Morgan fingerprint density at radius 3 is 2.49 bits per heavy atom. The highest BCUT2D eigenvalue weighted by molar-refractivity contribution is 6.30. The van der Waals surface area contributed by atoms with Gasteiger partial charge in [-0.25, -0.2) is 0 Å². The predicted octanol–water partition coefficient (Wildman–Crippen LogP) is 4.07. The lowest BCUT2D eigenvalue weighted by molar-refractivity contribution is -0.154. The molecule has 9 heteroatoms. The molecule has 8 nitrogen and oxygen atoms in total. The number of benzene rings is 2. The van der Waals surface area contributed by atoms with Crippen LogP contribution in [0.15, 0.2) is 54.6 Å². The standard InChI is InChI=1S/C28H33ClN2O6/c1-28(2)36-22-12-13-26(33)35-24(19-6-4-3-5-7-19)17-31-27(34)20(14-23(22)37-28)15-25(32)30-16-18-8-10-21(29)11-9-18/h3-11,20,22-24H,12-17H2,1-2H3,(H,30,32)(H,31,34)/t20-,22-,23-,24?/m0/s1. The Kier molecular flexibility index (Phi) is 8.84. The molecule has 2 fully saturated rings. The summed E-state index contributed by atoms with van der Waals surface area (Å²) in [6, 6.07) is 16.5. The van der Waals surface area contributed by atoms with Crippen molar-refractivity contribution in [3.8, 4) is 0 Å². The molecule has 2 N–H and O–H groups in total. The molecule has 0 aliphatic carbocycles. The van der Waals surface area contributed by atoms with E-state index in [-0.39, 0.29) is 37.2 Å². The SMILES string of the molecule is CC1(C)O[C@H]2CCC(=O)OC(c3ccccc3)CNC(=O)[C@H](CC(=O)NCc3ccc(Cl)cc3)C[C@@H]2O1. The van der Waals surface area contributed by atoms with E-state index in [0.717, 1.165) is 11.1 Å². The number of halogens is 1. The molecule has 4 atom stereocenters. The zero-order chi connectivity index (χ0) is 26.4. The molecule has 2 heterocycles. The third-order valence-corrected chi connectivity index (χ3v) is 6.80. The molecule has 2 aliphatic rings. The van der Waals surface area contributed by atoms with Crippen molar-refractivity contribution in [3.63, 3.8) is 0 Å². The van der Waals surface area contributed by atoms with E-state index in [1.54, 1.807) is 26.0 Å². The molecule has 0 radical (unpaired) electrons. The summed E-state index contributed by atoms with van der Waals surface area (Å²) in [4.78, 5) is 38.8. The number of hydrogen-bond donors (Lipinski definition) is 2. The number of esters is 1. The first-order chi connectivity index (χ1) is 17.7. The average molecular weight is 529 g/mol. The number of fused-ring (bicyclic) bond motifs is 1. The van der Waals surface area contributed by atoms with Crippen molar-refractivity contribution in [2.75, 3.05) is 6.54 Å². The summed E-state index contributed by atoms with van der Waals surface area (Å²) in [5.41, 5.74) is 1.69. The van der Waals surface area contributed by atoms with Crippen molar-refractivity contribution in [1.29, 1.82) is 0 Å². The number of carbonyl (C=O) groups is 3. The van der Waals surface area contributed by atoms with Crippen LogP contribution in [0.25, 0.3) is 0 Å². The van der Waals surface area contributed by atoms with Gasteiger partial charge in [0.15, 0.2) is 5.79 Å². The number of hydrogen-bond acceptors (Lipinski definition) is 6. The second-order valence-electron chi connectivity index (χ2n) is 9.93. The van der Waals surface area contributed by atoms with Gasteiger partial charge in [-0.15, -0.1) is 0 Å². The van der Waals surface area contributed by atoms with E-state index >= 15 is 0 Å².